The Morgan fingerprint density at radius 3 is 2.65 bits per heavy atom. The molecule has 1 amide bonds. The van der Waals surface area contributed by atoms with Crippen LogP contribution < -0.4 is 11.1 Å². The van der Waals surface area contributed by atoms with Crippen molar-refractivity contribution >= 4 is 5.91 Å². The molecule has 0 aromatic heterocycles. The molecule has 2 fully saturated rings. The van der Waals surface area contributed by atoms with Gasteiger partial charge in [-0.2, -0.15) is 0 Å². The third-order valence-corrected chi connectivity index (χ3v) is 3.99. The molecule has 3 N–H and O–H groups in total. The predicted octanol–water partition coefficient (Wildman–Crippen LogP) is 0.857. The molecule has 98 valence electrons. The Morgan fingerprint density at radius 2 is 2.00 bits per heavy atom. The molecule has 17 heavy (non-hydrogen) atoms. The molecule has 0 spiro atoms. The van der Waals surface area contributed by atoms with Gasteiger partial charge in [-0.05, 0) is 39.0 Å². The lowest BCUT2D eigenvalue weighted by Gasteiger charge is -2.31. The molecule has 1 saturated carbocycles. The molecule has 3 unspecified atom stereocenters. The monoisotopic (exact) mass is 239 g/mol. The number of nitrogens with zero attached hydrogens (tertiary/aromatic N) is 1. The van der Waals surface area contributed by atoms with E-state index in [1.54, 1.807) is 0 Å². The molecule has 4 nitrogen and oxygen atoms in total. The molecular weight excluding hydrogens is 214 g/mol. The first-order valence-corrected chi connectivity index (χ1v) is 6.97. The van der Waals surface area contributed by atoms with Gasteiger partial charge in [0.15, 0.2) is 0 Å². The van der Waals surface area contributed by atoms with Crippen molar-refractivity contribution < 1.29 is 4.79 Å². The Hall–Kier alpha value is -0.610. The van der Waals surface area contributed by atoms with Gasteiger partial charge in [0, 0.05) is 25.2 Å². The smallest absolute Gasteiger partial charge is 0.239 e. The van der Waals surface area contributed by atoms with Gasteiger partial charge >= 0.3 is 0 Å². The second-order valence-corrected chi connectivity index (χ2v) is 5.54. The molecular formula is C13H25N3O. The molecule has 0 bridgehead atoms. The lowest BCUT2D eigenvalue weighted by Crippen LogP contribution is -2.50. The zero-order chi connectivity index (χ0) is 12.3. The number of hydrogen-bond acceptors (Lipinski definition) is 3. The average Bonchev–Trinajstić information content (AvgIpc) is 2.81. The zero-order valence-corrected chi connectivity index (χ0v) is 10.8. The van der Waals surface area contributed by atoms with E-state index < -0.39 is 0 Å². The quantitative estimate of drug-likeness (QED) is 0.768. The molecule has 0 aromatic carbocycles. The number of carbonyl (C=O) groups excluding carboxylic acids is 1. The predicted molar refractivity (Wildman–Crippen MR) is 68.6 cm³/mol. The van der Waals surface area contributed by atoms with Crippen LogP contribution in [0.25, 0.3) is 0 Å². The van der Waals surface area contributed by atoms with Crippen molar-refractivity contribution in [3.63, 3.8) is 0 Å². The fourth-order valence-corrected chi connectivity index (χ4v) is 3.02. The number of likely N-dealkylation sites (tertiary alicyclic amines) is 1. The van der Waals surface area contributed by atoms with E-state index in [9.17, 15) is 4.79 Å². The third-order valence-electron chi connectivity index (χ3n) is 3.99. The minimum atomic E-state index is -0.0524. The molecule has 4 heteroatoms. The Bertz CT molecular complexity index is 263. The van der Waals surface area contributed by atoms with Gasteiger partial charge in [-0.25, -0.2) is 0 Å². The van der Waals surface area contributed by atoms with Gasteiger partial charge in [0.05, 0.1) is 6.04 Å². The van der Waals surface area contributed by atoms with E-state index in [4.69, 9.17) is 5.73 Å². The molecule has 2 aliphatic rings. The van der Waals surface area contributed by atoms with E-state index in [-0.39, 0.29) is 11.9 Å². The second kappa shape index (κ2) is 5.83. The van der Waals surface area contributed by atoms with Crippen LogP contribution in [0.4, 0.5) is 0 Å². The molecule has 1 aliphatic carbocycles. The van der Waals surface area contributed by atoms with Gasteiger partial charge in [-0.1, -0.05) is 6.42 Å². The van der Waals surface area contributed by atoms with Crippen LogP contribution in [0.5, 0.6) is 0 Å². The number of carbonyl (C=O) groups is 1. The topological polar surface area (TPSA) is 58.4 Å². The largest absolute Gasteiger partial charge is 0.341 e. The first kappa shape index (κ1) is 12.8. The summed E-state index contributed by atoms with van der Waals surface area (Å²) in [5, 5.41) is 3.45. The lowest BCUT2D eigenvalue weighted by molar-refractivity contribution is -0.132. The Balaban J connectivity index is 1.79. The summed E-state index contributed by atoms with van der Waals surface area (Å²) in [6, 6.07) is 0.694. The summed E-state index contributed by atoms with van der Waals surface area (Å²) in [4.78, 5) is 14.1. The van der Waals surface area contributed by atoms with Crippen LogP contribution in [0.2, 0.25) is 0 Å². The highest BCUT2D eigenvalue weighted by Crippen LogP contribution is 2.18. The molecule has 3 atom stereocenters. The molecule has 2 rings (SSSR count). The normalized spacial score (nSPS) is 31.5. The zero-order valence-electron chi connectivity index (χ0n) is 10.8. The molecule has 1 heterocycles. The van der Waals surface area contributed by atoms with Crippen molar-refractivity contribution in [2.24, 2.45) is 5.73 Å². The van der Waals surface area contributed by atoms with E-state index in [1.807, 2.05) is 11.8 Å². The fourth-order valence-electron chi connectivity index (χ4n) is 3.02. The Labute approximate surface area is 104 Å². The Morgan fingerprint density at radius 1 is 1.29 bits per heavy atom. The first-order valence-electron chi connectivity index (χ1n) is 6.97. The summed E-state index contributed by atoms with van der Waals surface area (Å²) >= 11 is 0. The summed E-state index contributed by atoms with van der Waals surface area (Å²) in [6.07, 6.45) is 6.80. The van der Waals surface area contributed by atoms with Gasteiger partial charge in [-0.15, -0.1) is 0 Å². The lowest BCUT2D eigenvalue weighted by atomic mass is 9.91. The van der Waals surface area contributed by atoms with Crippen molar-refractivity contribution in [2.75, 3.05) is 13.1 Å². The van der Waals surface area contributed by atoms with Crippen molar-refractivity contribution in [1.82, 2.24) is 10.2 Å². The van der Waals surface area contributed by atoms with Crippen molar-refractivity contribution in [1.29, 1.82) is 0 Å². The molecule has 0 radical (unpaired) electrons. The van der Waals surface area contributed by atoms with Crippen LogP contribution >= 0.6 is 0 Å². The number of nitrogens with two attached hydrogens (primary N) is 1. The van der Waals surface area contributed by atoms with E-state index in [1.165, 1.54) is 6.42 Å². The highest BCUT2D eigenvalue weighted by molar-refractivity contribution is 5.81. The first-order chi connectivity index (χ1) is 8.16. The maximum atomic E-state index is 12.1. The molecule has 1 saturated heterocycles. The van der Waals surface area contributed by atoms with Gasteiger partial charge in [0.2, 0.25) is 5.91 Å². The van der Waals surface area contributed by atoms with Crippen LogP contribution in [0, 0.1) is 0 Å². The van der Waals surface area contributed by atoms with Crippen molar-refractivity contribution in [2.45, 2.75) is 63.6 Å². The highest BCUT2D eigenvalue weighted by atomic mass is 16.2. The van der Waals surface area contributed by atoms with Gasteiger partial charge in [0.25, 0.3) is 0 Å². The number of amides is 1. The summed E-state index contributed by atoms with van der Waals surface area (Å²) in [7, 11) is 0. The van der Waals surface area contributed by atoms with E-state index in [0.717, 1.165) is 45.2 Å². The minimum Gasteiger partial charge on any atom is -0.341 e. The van der Waals surface area contributed by atoms with Crippen LogP contribution in [0.3, 0.4) is 0 Å². The molecule has 0 aromatic rings. The second-order valence-electron chi connectivity index (χ2n) is 5.54. The number of hydrogen-bond donors (Lipinski definition) is 2. The summed E-state index contributed by atoms with van der Waals surface area (Å²) < 4.78 is 0. The summed E-state index contributed by atoms with van der Waals surface area (Å²) in [5.41, 5.74) is 5.96. The van der Waals surface area contributed by atoms with E-state index in [2.05, 4.69) is 5.32 Å². The van der Waals surface area contributed by atoms with Crippen molar-refractivity contribution in [3.8, 4) is 0 Å². The average molecular weight is 239 g/mol. The van der Waals surface area contributed by atoms with E-state index in [0.29, 0.717) is 12.1 Å². The van der Waals surface area contributed by atoms with Crippen LogP contribution in [-0.4, -0.2) is 42.0 Å². The fraction of sp³-hybridized carbons (Fsp3) is 0.923. The highest BCUT2D eigenvalue weighted by Gasteiger charge is 2.26. The SMILES string of the molecule is CC(NC1CCCC(N)C1)C(=O)N1CCCC1. The van der Waals surface area contributed by atoms with Crippen molar-refractivity contribution in [3.05, 3.63) is 0 Å². The van der Waals surface area contributed by atoms with Gasteiger partial charge < -0.3 is 16.0 Å². The van der Waals surface area contributed by atoms with Crippen LogP contribution in [0.15, 0.2) is 0 Å². The molecule has 1 aliphatic heterocycles. The van der Waals surface area contributed by atoms with Crippen LogP contribution in [0.1, 0.15) is 45.4 Å². The standard InChI is InChI=1S/C13H25N3O/c1-10(13(17)16-7-2-3-8-16)15-12-6-4-5-11(14)9-12/h10-12,15H,2-9,14H2,1H3. The van der Waals surface area contributed by atoms with Gasteiger partial charge in [0.1, 0.15) is 0 Å². The minimum absolute atomic E-state index is 0.0524. The number of nitrogens with one attached hydrogen (secondary N) is 1. The summed E-state index contributed by atoms with van der Waals surface area (Å²) in [6.45, 7) is 3.87. The maximum Gasteiger partial charge on any atom is 0.239 e. The summed E-state index contributed by atoms with van der Waals surface area (Å²) in [5.74, 6) is 0.265. The third kappa shape index (κ3) is 3.42. The maximum absolute atomic E-state index is 12.1. The Kier molecular flexibility index (Phi) is 4.40. The number of rotatable bonds is 3. The van der Waals surface area contributed by atoms with Crippen LogP contribution in [-0.2, 0) is 4.79 Å². The van der Waals surface area contributed by atoms with E-state index >= 15 is 0 Å². The van der Waals surface area contributed by atoms with Gasteiger partial charge in [-0.3, -0.25) is 4.79 Å².